The van der Waals surface area contributed by atoms with Crippen molar-refractivity contribution in [1.29, 1.82) is 0 Å². The molecule has 1 heterocycles. The maximum absolute atomic E-state index is 12.4. The van der Waals surface area contributed by atoms with Crippen LogP contribution in [0.5, 0.6) is 0 Å². The quantitative estimate of drug-likeness (QED) is 0.427. The monoisotopic (exact) mass is 406 g/mol. The molecule has 0 fully saturated rings. The van der Waals surface area contributed by atoms with E-state index in [2.05, 4.69) is 22.4 Å². The summed E-state index contributed by atoms with van der Waals surface area (Å²) in [6, 6.07) is 23.1. The molecule has 0 bridgehead atoms. The summed E-state index contributed by atoms with van der Waals surface area (Å²) in [5.74, 6) is -0.872. The Bertz CT molecular complexity index is 933. The number of carbonyl (C=O) groups is 2. The number of amides is 1. The number of hydrogen-bond donors (Lipinski definition) is 1. The van der Waals surface area contributed by atoms with Crippen LogP contribution >= 0.6 is 11.8 Å². The average molecular weight is 407 g/mol. The lowest BCUT2D eigenvalue weighted by Gasteiger charge is -2.09. The summed E-state index contributed by atoms with van der Waals surface area (Å²) in [5, 5.41) is 3.33. The van der Waals surface area contributed by atoms with Crippen LogP contribution < -0.4 is 5.32 Å². The molecule has 3 rings (SSSR count). The van der Waals surface area contributed by atoms with E-state index in [1.165, 1.54) is 17.3 Å². The fraction of sp³-hybridized carbons (Fsp3) is 0.174. The van der Waals surface area contributed by atoms with Gasteiger partial charge in [-0.05, 0) is 42.7 Å². The maximum Gasteiger partial charge on any atom is 0.341 e. The van der Waals surface area contributed by atoms with Crippen molar-refractivity contribution >= 4 is 23.6 Å². The van der Waals surface area contributed by atoms with Gasteiger partial charge in [0.2, 0.25) is 0 Å². The smallest absolute Gasteiger partial charge is 0.341 e. The molecule has 148 valence electrons. The number of rotatable bonds is 9. The van der Waals surface area contributed by atoms with E-state index < -0.39 is 5.97 Å². The topological polar surface area (TPSA) is 68.3 Å². The first-order valence-corrected chi connectivity index (χ1v) is 10.2. The highest BCUT2D eigenvalue weighted by molar-refractivity contribution is 7.99. The molecule has 0 aliphatic carbocycles. The van der Waals surface area contributed by atoms with Crippen LogP contribution in [0.3, 0.4) is 0 Å². The molecule has 1 amide bonds. The van der Waals surface area contributed by atoms with Crippen LogP contribution in [0.1, 0.15) is 22.3 Å². The first kappa shape index (κ1) is 20.6. The Hall–Kier alpha value is -3.12. The molecule has 5 nitrogen and oxygen atoms in total. The van der Waals surface area contributed by atoms with Crippen molar-refractivity contribution in [2.24, 2.45) is 0 Å². The molecule has 29 heavy (non-hydrogen) atoms. The van der Waals surface area contributed by atoms with E-state index in [-0.39, 0.29) is 12.5 Å². The number of hydrogen-bond acceptors (Lipinski definition) is 5. The molecule has 0 saturated carbocycles. The van der Waals surface area contributed by atoms with Crippen molar-refractivity contribution in [3.05, 3.63) is 90.1 Å². The minimum atomic E-state index is -0.559. The highest BCUT2D eigenvalue weighted by Gasteiger charge is 2.16. The fourth-order valence-electron chi connectivity index (χ4n) is 2.65. The van der Waals surface area contributed by atoms with Gasteiger partial charge in [-0.2, -0.15) is 0 Å². The number of carbonyl (C=O) groups excluding carboxylic acids is 2. The molecule has 1 N–H and O–H groups in total. The molecule has 0 spiro atoms. The van der Waals surface area contributed by atoms with E-state index >= 15 is 0 Å². The number of benzene rings is 2. The molecule has 0 aliphatic heterocycles. The number of esters is 1. The van der Waals surface area contributed by atoms with Gasteiger partial charge in [0.1, 0.15) is 5.03 Å². The van der Waals surface area contributed by atoms with Crippen LogP contribution in [-0.4, -0.2) is 30.0 Å². The molecule has 0 radical (unpaired) electrons. The molecule has 2 aromatic carbocycles. The summed E-state index contributed by atoms with van der Waals surface area (Å²) < 4.78 is 5.18. The first-order valence-electron chi connectivity index (χ1n) is 9.38. The SMILES string of the molecule is O=C(COC(=O)c1cccnc1Sc1ccccc1)NCCCc1ccccc1. The van der Waals surface area contributed by atoms with Gasteiger partial charge in [-0.3, -0.25) is 4.79 Å². The van der Waals surface area contributed by atoms with Gasteiger partial charge in [0.15, 0.2) is 6.61 Å². The predicted molar refractivity (Wildman–Crippen MR) is 113 cm³/mol. The predicted octanol–water partition coefficient (Wildman–Crippen LogP) is 4.14. The van der Waals surface area contributed by atoms with E-state index in [1.54, 1.807) is 18.3 Å². The summed E-state index contributed by atoms with van der Waals surface area (Å²) in [7, 11) is 0. The summed E-state index contributed by atoms with van der Waals surface area (Å²) >= 11 is 1.38. The van der Waals surface area contributed by atoms with Gasteiger partial charge in [-0.25, -0.2) is 9.78 Å². The number of nitrogens with one attached hydrogen (secondary N) is 1. The summed E-state index contributed by atoms with van der Waals surface area (Å²) in [4.78, 5) is 29.6. The van der Waals surface area contributed by atoms with Crippen LogP contribution in [0.4, 0.5) is 0 Å². The second-order valence-corrected chi connectivity index (χ2v) is 7.35. The van der Waals surface area contributed by atoms with Gasteiger partial charge in [0, 0.05) is 17.6 Å². The van der Waals surface area contributed by atoms with Gasteiger partial charge in [-0.15, -0.1) is 0 Å². The number of aryl methyl sites for hydroxylation is 1. The lowest BCUT2D eigenvalue weighted by molar-refractivity contribution is -0.124. The van der Waals surface area contributed by atoms with E-state index in [0.29, 0.717) is 17.1 Å². The highest BCUT2D eigenvalue weighted by atomic mass is 32.2. The second-order valence-electron chi connectivity index (χ2n) is 6.29. The van der Waals surface area contributed by atoms with Gasteiger partial charge < -0.3 is 10.1 Å². The lowest BCUT2D eigenvalue weighted by Crippen LogP contribution is -2.30. The molecule has 6 heteroatoms. The van der Waals surface area contributed by atoms with Gasteiger partial charge in [-0.1, -0.05) is 60.3 Å². The van der Waals surface area contributed by atoms with Crippen molar-refractivity contribution in [3.63, 3.8) is 0 Å². The van der Waals surface area contributed by atoms with Gasteiger partial charge in [0.25, 0.3) is 5.91 Å². The zero-order chi connectivity index (χ0) is 20.3. The Morgan fingerprint density at radius 1 is 0.931 bits per heavy atom. The standard InChI is InChI=1S/C23H22N2O3S/c26-21(24-15-7-11-18-9-3-1-4-10-18)17-28-23(27)20-14-8-16-25-22(20)29-19-12-5-2-6-13-19/h1-6,8-10,12-14,16H,7,11,15,17H2,(H,24,26). The van der Waals surface area contributed by atoms with E-state index in [1.807, 2.05) is 48.5 Å². The molecule has 0 unspecified atom stereocenters. The molecule has 0 saturated heterocycles. The zero-order valence-electron chi connectivity index (χ0n) is 15.9. The van der Waals surface area contributed by atoms with E-state index in [4.69, 9.17) is 4.74 Å². The van der Waals surface area contributed by atoms with Crippen molar-refractivity contribution < 1.29 is 14.3 Å². The van der Waals surface area contributed by atoms with Crippen molar-refractivity contribution in [1.82, 2.24) is 10.3 Å². The number of nitrogens with zero attached hydrogens (tertiary/aromatic N) is 1. The number of ether oxygens (including phenoxy) is 1. The van der Waals surface area contributed by atoms with Crippen LogP contribution in [0.2, 0.25) is 0 Å². The third-order valence-corrected chi connectivity index (χ3v) is 5.12. The van der Waals surface area contributed by atoms with Crippen LogP contribution in [-0.2, 0) is 16.0 Å². The molecule has 3 aromatic rings. The number of pyridine rings is 1. The van der Waals surface area contributed by atoms with Gasteiger partial charge >= 0.3 is 5.97 Å². The lowest BCUT2D eigenvalue weighted by atomic mass is 10.1. The van der Waals surface area contributed by atoms with Crippen molar-refractivity contribution in [2.45, 2.75) is 22.8 Å². The molecular weight excluding hydrogens is 384 g/mol. The van der Waals surface area contributed by atoms with Crippen LogP contribution in [0.15, 0.2) is 88.9 Å². The Morgan fingerprint density at radius 3 is 2.41 bits per heavy atom. The summed E-state index contributed by atoms with van der Waals surface area (Å²) in [6.45, 7) is 0.224. The largest absolute Gasteiger partial charge is 0.452 e. The van der Waals surface area contributed by atoms with E-state index in [0.717, 1.165) is 17.7 Å². The van der Waals surface area contributed by atoms with Crippen molar-refractivity contribution in [3.8, 4) is 0 Å². The van der Waals surface area contributed by atoms with Gasteiger partial charge in [0.05, 0.1) is 5.56 Å². The minimum absolute atomic E-state index is 0.311. The minimum Gasteiger partial charge on any atom is -0.452 e. The molecule has 0 aliphatic rings. The normalized spacial score (nSPS) is 10.3. The Labute approximate surface area is 174 Å². The Balaban J connectivity index is 1.45. The summed E-state index contributed by atoms with van der Waals surface area (Å²) in [5.41, 5.74) is 1.58. The Morgan fingerprint density at radius 2 is 1.66 bits per heavy atom. The first-order chi connectivity index (χ1) is 14.2. The zero-order valence-corrected chi connectivity index (χ0v) is 16.7. The molecule has 0 atom stereocenters. The number of aromatic nitrogens is 1. The maximum atomic E-state index is 12.4. The molecular formula is C23H22N2O3S. The average Bonchev–Trinajstić information content (AvgIpc) is 2.77. The Kier molecular flexibility index (Phi) is 7.83. The van der Waals surface area contributed by atoms with Crippen molar-refractivity contribution in [2.75, 3.05) is 13.2 Å². The second kappa shape index (κ2) is 11.0. The van der Waals surface area contributed by atoms with E-state index in [9.17, 15) is 9.59 Å². The van der Waals surface area contributed by atoms with Crippen LogP contribution in [0.25, 0.3) is 0 Å². The third-order valence-electron chi connectivity index (χ3n) is 4.09. The molecule has 1 aromatic heterocycles. The van der Waals surface area contributed by atoms with Crippen LogP contribution in [0, 0.1) is 0 Å². The highest BCUT2D eigenvalue weighted by Crippen LogP contribution is 2.28. The third kappa shape index (κ3) is 6.76. The fourth-order valence-corrected chi connectivity index (χ4v) is 3.54. The summed E-state index contributed by atoms with van der Waals surface area (Å²) in [6.07, 6.45) is 3.34.